The number of thioether (sulfide) groups is 1. The Bertz CT molecular complexity index is 731. The van der Waals surface area contributed by atoms with Crippen molar-refractivity contribution in [3.05, 3.63) is 30.3 Å². The molecule has 0 saturated carbocycles. The van der Waals surface area contributed by atoms with Crippen LogP contribution in [0.25, 0.3) is 0 Å². The van der Waals surface area contributed by atoms with Crippen LogP contribution in [0.4, 0.5) is 5.69 Å². The number of rotatable bonds is 3. The van der Waals surface area contributed by atoms with Gasteiger partial charge < -0.3 is 4.90 Å². The van der Waals surface area contributed by atoms with Gasteiger partial charge in [0.15, 0.2) is 15.0 Å². The Morgan fingerprint density at radius 2 is 2.04 bits per heavy atom. The van der Waals surface area contributed by atoms with Crippen LogP contribution in [-0.4, -0.2) is 42.3 Å². The summed E-state index contributed by atoms with van der Waals surface area (Å²) in [5.74, 6) is 0.0156. The minimum absolute atomic E-state index is 0.0521. The summed E-state index contributed by atoms with van der Waals surface area (Å²) < 4.78 is 23.9. The molecule has 1 amide bonds. The van der Waals surface area contributed by atoms with Crippen molar-refractivity contribution in [2.75, 3.05) is 16.4 Å². The quantitative estimate of drug-likeness (QED) is 0.835. The molecule has 1 aromatic carbocycles. The third kappa shape index (κ3) is 3.30. The molecule has 0 bridgehead atoms. The van der Waals surface area contributed by atoms with Crippen LogP contribution in [0.2, 0.25) is 0 Å². The zero-order valence-corrected chi connectivity index (χ0v) is 14.8. The average molecular weight is 352 g/mol. The molecule has 2 heterocycles. The summed E-state index contributed by atoms with van der Waals surface area (Å²) >= 11 is 1.42. The minimum atomic E-state index is -3.02. The molecule has 2 aliphatic heterocycles. The predicted molar refractivity (Wildman–Crippen MR) is 94.6 cm³/mol. The van der Waals surface area contributed by atoms with Crippen molar-refractivity contribution in [1.82, 2.24) is 0 Å². The topological polar surface area (TPSA) is 66.8 Å². The van der Waals surface area contributed by atoms with Crippen LogP contribution in [0.3, 0.4) is 0 Å². The lowest BCUT2D eigenvalue weighted by molar-refractivity contribution is -0.121. The Morgan fingerprint density at radius 3 is 2.70 bits per heavy atom. The second-order valence-corrected chi connectivity index (χ2v) is 9.41. The van der Waals surface area contributed by atoms with Crippen molar-refractivity contribution >= 4 is 38.4 Å². The summed E-state index contributed by atoms with van der Waals surface area (Å²) in [6, 6.07) is 9.44. The molecule has 7 heteroatoms. The average Bonchev–Trinajstić information content (AvgIpc) is 2.98. The lowest BCUT2D eigenvalue weighted by Gasteiger charge is -2.24. The molecule has 0 spiro atoms. The van der Waals surface area contributed by atoms with Gasteiger partial charge in [0.1, 0.15) is 0 Å². The first-order valence-electron chi connectivity index (χ1n) is 7.75. The Labute approximate surface area is 141 Å². The molecule has 2 aliphatic rings. The number of anilines is 1. The van der Waals surface area contributed by atoms with Gasteiger partial charge in [-0.3, -0.25) is 4.79 Å². The van der Waals surface area contributed by atoms with Crippen LogP contribution in [0.5, 0.6) is 0 Å². The molecule has 3 atom stereocenters. The fourth-order valence-electron chi connectivity index (χ4n) is 2.83. The van der Waals surface area contributed by atoms with E-state index in [0.717, 1.165) is 12.1 Å². The number of aliphatic imine (C=N–C) groups is 1. The van der Waals surface area contributed by atoms with Gasteiger partial charge in [0.2, 0.25) is 0 Å². The van der Waals surface area contributed by atoms with Crippen LogP contribution >= 0.6 is 11.8 Å². The van der Waals surface area contributed by atoms with E-state index in [2.05, 4.69) is 4.99 Å². The third-order valence-corrected chi connectivity index (χ3v) is 7.55. The fraction of sp³-hybridized carbons (Fsp3) is 0.500. The van der Waals surface area contributed by atoms with Gasteiger partial charge >= 0.3 is 0 Å². The lowest BCUT2D eigenvalue weighted by atomic mass is 10.1. The number of hydrogen-bond donors (Lipinski definition) is 0. The standard InChI is InChI=1S/C16H20N2O3S2/c1-3-11(2)15(19)17-16-18(12-7-5-4-6-8-12)13-9-23(20,21)10-14(13)22-16/h4-8,11,13-14H,3,9-10H2,1-2H3/t11-,13+,14+/m0/s1. The minimum Gasteiger partial charge on any atom is -0.316 e. The Balaban J connectivity index is 1.97. The first-order valence-corrected chi connectivity index (χ1v) is 10.5. The summed E-state index contributed by atoms with van der Waals surface area (Å²) in [5.41, 5.74) is 0.889. The van der Waals surface area contributed by atoms with Gasteiger partial charge in [0.25, 0.3) is 5.91 Å². The number of sulfone groups is 1. The highest BCUT2D eigenvalue weighted by Crippen LogP contribution is 2.40. The molecule has 23 heavy (non-hydrogen) atoms. The van der Waals surface area contributed by atoms with Crippen LogP contribution in [0, 0.1) is 5.92 Å². The van der Waals surface area contributed by atoms with E-state index in [9.17, 15) is 13.2 Å². The summed E-state index contributed by atoms with van der Waals surface area (Å²) in [7, 11) is -3.02. The van der Waals surface area contributed by atoms with Gasteiger partial charge in [-0.25, -0.2) is 8.42 Å². The molecule has 0 radical (unpaired) electrons. The lowest BCUT2D eigenvalue weighted by Crippen LogP contribution is -2.37. The van der Waals surface area contributed by atoms with Crippen molar-refractivity contribution < 1.29 is 13.2 Å². The van der Waals surface area contributed by atoms with Crippen LogP contribution in [0.15, 0.2) is 35.3 Å². The normalized spacial score (nSPS) is 28.8. The number of benzene rings is 1. The highest BCUT2D eigenvalue weighted by molar-refractivity contribution is 8.16. The number of amides is 1. The zero-order valence-electron chi connectivity index (χ0n) is 13.2. The molecule has 0 aromatic heterocycles. The maximum atomic E-state index is 12.2. The number of carbonyl (C=O) groups is 1. The molecule has 2 fully saturated rings. The largest absolute Gasteiger partial charge is 0.316 e. The second kappa shape index (κ2) is 6.28. The second-order valence-electron chi connectivity index (χ2n) is 6.05. The number of amidine groups is 1. The van der Waals surface area contributed by atoms with Crippen molar-refractivity contribution in [3.8, 4) is 0 Å². The van der Waals surface area contributed by atoms with E-state index in [1.165, 1.54) is 11.8 Å². The van der Waals surface area contributed by atoms with Crippen LogP contribution < -0.4 is 4.90 Å². The van der Waals surface area contributed by atoms with E-state index >= 15 is 0 Å². The number of fused-ring (bicyclic) bond motifs is 1. The molecule has 0 aliphatic carbocycles. The van der Waals surface area contributed by atoms with Crippen molar-refractivity contribution in [3.63, 3.8) is 0 Å². The van der Waals surface area contributed by atoms with Crippen LogP contribution in [-0.2, 0) is 14.6 Å². The van der Waals surface area contributed by atoms with Crippen molar-refractivity contribution in [1.29, 1.82) is 0 Å². The van der Waals surface area contributed by atoms with Gasteiger partial charge in [-0.05, 0) is 18.6 Å². The number of para-hydroxylation sites is 1. The summed E-state index contributed by atoms with van der Waals surface area (Å²) in [5, 5.41) is 0.579. The molecule has 0 N–H and O–H groups in total. The molecular weight excluding hydrogens is 332 g/mol. The van der Waals surface area contributed by atoms with E-state index in [1.54, 1.807) is 0 Å². The van der Waals surface area contributed by atoms with Gasteiger partial charge in [-0.1, -0.05) is 43.8 Å². The van der Waals surface area contributed by atoms with Gasteiger partial charge in [-0.2, -0.15) is 4.99 Å². The molecule has 2 saturated heterocycles. The third-order valence-electron chi connectivity index (χ3n) is 4.34. The van der Waals surface area contributed by atoms with Crippen molar-refractivity contribution in [2.24, 2.45) is 10.9 Å². The van der Waals surface area contributed by atoms with Crippen LogP contribution in [0.1, 0.15) is 20.3 Å². The number of nitrogens with zero attached hydrogens (tertiary/aromatic N) is 2. The molecular formula is C16H20N2O3S2. The molecule has 1 aromatic rings. The van der Waals surface area contributed by atoms with E-state index in [1.807, 2.05) is 49.1 Å². The maximum Gasteiger partial charge on any atom is 0.250 e. The monoisotopic (exact) mass is 352 g/mol. The molecule has 3 rings (SSSR count). The maximum absolute atomic E-state index is 12.2. The molecule has 5 nitrogen and oxygen atoms in total. The first-order chi connectivity index (χ1) is 10.9. The van der Waals surface area contributed by atoms with E-state index in [4.69, 9.17) is 0 Å². The predicted octanol–water partition coefficient (Wildman–Crippen LogP) is 2.33. The van der Waals surface area contributed by atoms with Gasteiger partial charge in [0.05, 0.1) is 17.5 Å². The van der Waals surface area contributed by atoms with E-state index in [-0.39, 0.29) is 34.6 Å². The van der Waals surface area contributed by atoms with Crippen molar-refractivity contribution in [2.45, 2.75) is 31.6 Å². The Hall–Kier alpha value is -1.34. The Morgan fingerprint density at radius 1 is 1.35 bits per heavy atom. The van der Waals surface area contributed by atoms with E-state index < -0.39 is 9.84 Å². The summed E-state index contributed by atoms with van der Waals surface area (Å²) in [4.78, 5) is 18.4. The zero-order chi connectivity index (χ0) is 16.6. The smallest absolute Gasteiger partial charge is 0.250 e. The van der Waals surface area contributed by atoms with E-state index in [0.29, 0.717) is 5.17 Å². The highest BCUT2D eigenvalue weighted by Gasteiger charge is 2.49. The summed E-state index contributed by atoms with van der Waals surface area (Å²) in [6.45, 7) is 3.82. The first kappa shape index (κ1) is 16.5. The summed E-state index contributed by atoms with van der Waals surface area (Å²) in [6.07, 6.45) is 0.743. The molecule has 124 valence electrons. The number of hydrogen-bond acceptors (Lipinski definition) is 4. The van der Waals surface area contributed by atoms with Gasteiger partial charge in [-0.15, -0.1) is 0 Å². The SMILES string of the molecule is CC[C@H](C)C(=O)N=C1S[C@@H]2CS(=O)(=O)C[C@H]2N1c1ccccc1. The fourth-order valence-corrected chi connectivity index (χ4v) is 6.75. The molecule has 0 unspecified atom stereocenters. The Kier molecular flexibility index (Phi) is 4.51. The van der Waals surface area contributed by atoms with Gasteiger partial charge in [0, 0.05) is 16.9 Å². The number of carbonyl (C=O) groups excluding carboxylic acids is 1. The highest BCUT2D eigenvalue weighted by atomic mass is 32.2.